The van der Waals surface area contributed by atoms with Crippen LogP contribution in [0.25, 0.3) is 0 Å². The van der Waals surface area contributed by atoms with Crippen LogP contribution in [0.15, 0.2) is 0 Å². The summed E-state index contributed by atoms with van der Waals surface area (Å²) < 4.78 is 4.98. The first-order chi connectivity index (χ1) is 4.41. The van der Waals surface area contributed by atoms with Gasteiger partial charge in [0.05, 0.1) is 6.61 Å². The van der Waals surface area contributed by atoms with Crippen molar-refractivity contribution < 1.29 is 9.84 Å². The maximum Gasteiger partial charge on any atom is 0.107 e. The molecule has 0 unspecified atom stereocenters. The van der Waals surface area contributed by atoms with Gasteiger partial charge in [-0.3, -0.25) is 0 Å². The number of ether oxygens (including phenoxy) is 1. The molecule has 0 aromatic carbocycles. The van der Waals surface area contributed by atoms with Crippen molar-refractivity contribution in [2.24, 2.45) is 0 Å². The van der Waals surface area contributed by atoms with Crippen molar-refractivity contribution in [3.63, 3.8) is 0 Å². The van der Waals surface area contributed by atoms with Crippen molar-refractivity contribution in [2.45, 2.75) is 13.3 Å². The molecule has 0 aromatic heterocycles. The van der Waals surface area contributed by atoms with Crippen molar-refractivity contribution >= 4 is 0 Å². The molecular formula is C7H12O2. The summed E-state index contributed by atoms with van der Waals surface area (Å²) in [6.07, 6.45) is 0.700. The van der Waals surface area contributed by atoms with E-state index in [1.165, 1.54) is 0 Å². The van der Waals surface area contributed by atoms with Gasteiger partial charge in [0.15, 0.2) is 0 Å². The minimum absolute atomic E-state index is 0.194. The highest BCUT2D eigenvalue weighted by Gasteiger charge is 1.81. The normalized spacial score (nSPS) is 8.22. The highest BCUT2D eigenvalue weighted by Crippen LogP contribution is 1.78. The lowest BCUT2D eigenvalue weighted by Crippen LogP contribution is -1.96. The number of hydrogen-bond donors (Lipinski definition) is 1. The molecule has 0 fully saturated rings. The van der Waals surface area contributed by atoms with Gasteiger partial charge < -0.3 is 9.84 Å². The zero-order valence-electron chi connectivity index (χ0n) is 5.68. The van der Waals surface area contributed by atoms with Crippen molar-refractivity contribution in [3.05, 3.63) is 0 Å². The highest BCUT2D eigenvalue weighted by atomic mass is 16.5. The van der Waals surface area contributed by atoms with Crippen LogP contribution >= 0.6 is 0 Å². The molecule has 52 valence electrons. The van der Waals surface area contributed by atoms with Crippen molar-refractivity contribution in [3.8, 4) is 11.8 Å². The molecule has 0 rings (SSSR count). The monoisotopic (exact) mass is 128 g/mol. The fraction of sp³-hybridized carbons (Fsp3) is 0.714. The molecule has 2 heteroatoms. The molecule has 0 amide bonds. The molecule has 0 aromatic rings. The highest BCUT2D eigenvalue weighted by molar-refractivity contribution is 4.94. The van der Waals surface area contributed by atoms with Gasteiger partial charge in [-0.25, -0.2) is 0 Å². The predicted molar refractivity (Wildman–Crippen MR) is 36.0 cm³/mol. The van der Waals surface area contributed by atoms with Crippen LogP contribution in [-0.2, 0) is 4.74 Å². The second-order valence-electron chi connectivity index (χ2n) is 1.56. The Morgan fingerprint density at radius 2 is 2.33 bits per heavy atom. The molecule has 0 atom stereocenters. The van der Waals surface area contributed by atoms with Gasteiger partial charge in [0, 0.05) is 6.61 Å². The molecule has 0 spiro atoms. The van der Waals surface area contributed by atoms with Crippen LogP contribution in [0.3, 0.4) is 0 Å². The number of aliphatic hydroxyl groups excluding tert-OH is 1. The maximum absolute atomic E-state index is 8.31. The summed E-state index contributed by atoms with van der Waals surface area (Å²) >= 11 is 0. The van der Waals surface area contributed by atoms with E-state index in [-0.39, 0.29) is 6.61 Å². The van der Waals surface area contributed by atoms with E-state index in [4.69, 9.17) is 9.84 Å². The standard InChI is InChI=1S/C7H12O2/c1-2-3-6-9-7-4-5-8/h8H,4-7H2,1H3. The van der Waals surface area contributed by atoms with Gasteiger partial charge in [-0.1, -0.05) is 5.92 Å². The summed E-state index contributed by atoms with van der Waals surface area (Å²) in [5.41, 5.74) is 0. The predicted octanol–water partition coefficient (Wildman–Crippen LogP) is 0.409. The molecule has 1 N–H and O–H groups in total. The van der Waals surface area contributed by atoms with Crippen LogP contribution in [0.4, 0.5) is 0 Å². The minimum atomic E-state index is 0.194. The molecule has 0 bridgehead atoms. The van der Waals surface area contributed by atoms with Gasteiger partial charge in [-0.05, 0) is 13.3 Å². The summed E-state index contributed by atoms with van der Waals surface area (Å²) in [4.78, 5) is 0. The minimum Gasteiger partial charge on any atom is -0.396 e. The third kappa shape index (κ3) is 7.48. The summed E-state index contributed by atoms with van der Waals surface area (Å²) in [5.74, 6) is 5.46. The Balaban J connectivity index is 2.80. The van der Waals surface area contributed by atoms with E-state index >= 15 is 0 Å². The summed E-state index contributed by atoms with van der Waals surface area (Å²) in [6, 6.07) is 0. The number of hydrogen-bond acceptors (Lipinski definition) is 2. The van der Waals surface area contributed by atoms with Gasteiger partial charge in [0.25, 0.3) is 0 Å². The first-order valence-corrected chi connectivity index (χ1v) is 3.00. The third-order valence-corrected chi connectivity index (χ3v) is 0.798. The molecule has 0 heterocycles. The molecule has 0 saturated heterocycles. The van der Waals surface area contributed by atoms with Gasteiger partial charge in [-0.15, -0.1) is 5.92 Å². The largest absolute Gasteiger partial charge is 0.396 e. The first kappa shape index (κ1) is 8.48. The van der Waals surface area contributed by atoms with Crippen LogP contribution in [0.1, 0.15) is 13.3 Å². The molecule has 0 radical (unpaired) electrons. The Hall–Kier alpha value is -0.520. The topological polar surface area (TPSA) is 29.5 Å². The maximum atomic E-state index is 8.31. The van der Waals surface area contributed by atoms with Gasteiger partial charge in [0.1, 0.15) is 6.61 Å². The lowest BCUT2D eigenvalue weighted by molar-refractivity contribution is 0.142. The quantitative estimate of drug-likeness (QED) is 0.439. The molecule has 9 heavy (non-hydrogen) atoms. The van der Waals surface area contributed by atoms with Crippen LogP contribution in [0.5, 0.6) is 0 Å². The molecule has 0 saturated carbocycles. The van der Waals surface area contributed by atoms with Crippen molar-refractivity contribution in [2.75, 3.05) is 19.8 Å². The first-order valence-electron chi connectivity index (χ1n) is 3.00. The van der Waals surface area contributed by atoms with Gasteiger partial charge >= 0.3 is 0 Å². The van der Waals surface area contributed by atoms with E-state index in [0.29, 0.717) is 19.6 Å². The zero-order valence-corrected chi connectivity index (χ0v) is 5.68. The molecular weight excluding hydrogens is 116 g/mol. The second kappa shape index (κ2) is 7.48. The molecule has 0 aliphatic heterocycles. The Morgan fingerprint density at radius 1 is 1.56 bits per heavy atom. The smallest absolute Gasteiger partial charge is 0.107 e. The van der Waals surface area contributed by atoms with E-state index < -0.39 is 0 Å². The Morgan fingerprint density at radius 3 is 2.89 bits per heavy atom. The third-order valence-electron chi connectivity index (χ3n) is 0.798. The number of aliphatic hydroxyl groups is 1. The zero-order chi connectivity index (χ0) is 6.95. The van der Waals surface area contributed by atoms with Crippen LogP contribution in [0.2, 0.25) is 0 Å². The van der Waals surface area contributed by atoms with Crippen molar-refractivity contribution in [1.82, 2.24) is 0 Å². The molecule has 0 aliphatic rings. The Kier molecular flexibility index (Phi) is 7.05. The molecule has 0 aliphatic carbocycles. The summed E-state index contributed by atoms with van der Waals surface area (Å²) in [6.45, 7) is 3.05. The summed E-state index contributed by atoms with van der Waals surface area (Å²) in [7, 11) is 0. The Bertz CT molecular complexity index is 99.2. The SMILES string of the molecule is CC#CCOCCCO. The number of rotatable bonds is 4. The fourth-order valence-corrected chi connectivity index (χ4v) is 0.362. The van der Waals surface area contributed by atoms with Gasteiger partial charge in [0.2, 0.25) is 0 Å². The lowest BCUT2D eigenvalue weighted by Gasteiger charge is -1.94. The van der Waals surface area contributed by atoms with Crippen LogP contribution in [0, 0.1) is 11.8 Å². The average Bonchev–Trinajstić information content (AvgIpc) is 1.89. The van der Waals surface area contributed by atoms with Gasteiger partial charge in [-0.2, -0.15) is 0 Å². The summed E-state index contributed by atoms with van der Waals surface area (Å²) in [5, 5.41) is 8.31. The Labute approximate surface area is 55.8 Å². The van der Waals surface area contributed by atoms with E-state index in [0.717, 1.165) is 0 Å². The van der Waals surface area contributed by atoms with E-state index in [1.807, 2.05) is 0 Å². The van der Waals surface area contributed by atoms with E-state index in [1.54, 1.807) is 6.92 Å². The molecule has 2 nitrogen and oxygen atoms in total. The lowest BCUT2D eigenvalue weighted by atomic mass is 10.5. The average molecular weight is 128 g/mol. The fourth-order valence-electron chi connectivity index (χ4n) is 0.362. The van der Waals surface area contributed by atoms with Crippen molar-refractivity contribution in [1.29, 1.82) is 0 Å². The van der Waals surface area contributed by atoms with E-state index in [9.17, 15) is 0 Å². The van der Waals surface area contributed by atoms with Crippen LogP contribution in [-0.4, -0.2) is 24.9 Å². The van der Waals surface area contributed by atoms with Crippen LogP contribution < -0.4 is 0 Å². The van der Waals surface area contributed by atoms with E-state index in [2.05, 4.69) is 11.8 Å². The second-order valence-corrected chi connectivity index (χ2v) is 1.56.